The predicted molar refractivity (Wildman–Crippen MR) is 122 cm³/mol. The summed E-state index contributed by atoms with van der Waals surface area (Å²) in [5.41, 5.74) is -0.0173. The summed E-state index contributed by atoms with van der Waals surface area (Å²) < 4.78 is 20.6. The summed E-state index contributed by atoms with van der Waals surface area (Å²) in [6, 6.07) is 8.03. The highest BCUT2D eigenvalue weighted by Crippen LogP contribution is 2.34. The number of carbonyl (C=O) groups excluding carboxylic acids is 3. The molecule has 37 heavy (non-hydrogen) atoms. The molecule has 0 saturated carbocycles. The highest BCUT2D eigenvalue weighted by Gasteiger charge is 2.38. The monoisotopic (exact) mass is 524 g/mol. The van der Waals surface area contributed by atoms with Gasteiger partial charge in [0, 0.05) is 11.5 Å². The molecule has 1 aliphatic rings. The van der Waals surface area contributed by atoms with Gasteiger partial charge in [0.25, 0.3) is 0 Å². The van der Waals surface area contributed by atoms with E-state index in [1.807, 2.05) is 0 Å². The molecule has 0 fully saturated rings. The number of aliphatic carboxylic acids is 1. The van der Waals surface area contributed by atoms with Crippen LogP contribution in [0.15, 0.2) is 53.8 Å². The van der Waals surface area contributed by atoms with Crippen LogP contribution in [0.2, 0.25) is 0 Å². The van der Waals surface area contributed by atoms with Gasteiger partial charge in [-0.05, 0) is 18.2 Å². The second-order valence-corrected chi connectivity index (χ2v) is 7.86. The number of rotatable bonds is 13. The Morgan fingerprint density at radius 2 is 1.76 bits per heavy atom. The lowest BCUT2D eigenvalue weighted by atomic mass is 9.86. The number of carboxylic acids is 1. The Labute approximate surface area is 211 Å². The third-order valence-electron chi connectivity index (χ3n) is 5.41. The minimum Gasteiger partial charge on any atom is -0.478 e. The van der Waals surface area contributed by atoms with Crippen LogP contribution in [0.25, 0.3) is 0 Å². The first-order valence-electron chi connectivity index (χ1n) is 11.0. The van der Waals surface area contributed by atoms with Crippen molar-refractivity contribution in [2.75, 3.05) is 20.3 Å². The molecule has 2 rings (SSSR count). The van der Waals surface area contributed by atoms with Crippen molar-refractivity contribution in [2.24, 2.45) is 5.92 Å². The molecule has 0 aliphatic carbocycles. The third kappa shape index (κ3) is 8.20. The lowest BCUT2D eigenvalue weighted by Gasteiger charge is -2.32. The summed E-state index contributed by atoms with van der Waals surface area (Å²) in [4.78, 5) is 46.6. The van der Waals surface area contributed by atoms with Crippen LogP contribution in [0.4, 0.5) is 0 Å². The van der Waals surface area contributed by atoms with Gasteiger partial charge < -0.3 is 49.3 Å². The van der Waals surface area contributed by atoms with E-state index in [2.05, 4.69) is 4.74 Å². The quantitative estimate of drug-likeness (QED) is 0.119. The number of benzene rings is 1. The molecule has 202 valence electrons. The zero-order chi connectivity index (χ0) is 27.5. The average molecular weight is 524 g/mol. The third-order valence-corrected chi connectivity index (χ3v) is 5.41. The zero-order valence-electron chi connectivity index (χ0n) is 19.7. The van der Waals surface area contributed by atoms with E-state index in [0.717, 1.165) is 13.4 Å². The molecule has 1 aromatic rings. The fraction of sp³-hybridized carbons (Fsp3) is 0.417. The summed E-state index contributed by atoms with van der Waals surface area (Å²) in [6.07, 6.45) is -7.52. The number of esters is 2. The molecule has 0 radical (unpaired) electrons. The van der Waals surface area contributed by atoms with E-state index in [1.54, 1.807) is 18.2 Å². The first kappa shape index (κ1) is 29.6. The number of carboxylic acid groups (broad SMARTS) is 1. The van der Waals surface area contributed by atoms with Gasteiger partial charge in [-0.25, -0.2) is 9.59 Å². The van der Waals surface area contributed by atoms with Crippen LogP contribution >= 0.6 is 0 Å². The largest absolute Gasteiger partial charge is 0.478 e. The van der Waals surface area contributed by atoms with E-state index in [0.29, 0.717) is 0 Å². The molecule has 13 nitrogen and oxygen atoms in total. The van der Waals surface area contributed by atoms with Gasteiger partial charge in [0.05, 0.1) is 37.5 Å². The zero-order valence-corrected chi connectivity index (χ0v) is 19.7. The molecule has 6 atom stereocenters. The molecule has 0 aromatic heterocycles. The van der Waals surface area contributed by atoms with E-state index in [9.17, 15) is 44.7 Å². The van der Waals surface area contributed by atoms with Gasteiger partial charge >= 0.3 is 17.9 Å². The standard InChI is InChI=1S/C24H28O13/c1-34-19(28)9-15-14(7-8-35-23(33)13-5-3-2-4-6-13)24(36-11-16(15)22(31)32)37-12-18(27)21(30)20(29)17(26)10-25/h2-7,10-11,15,17-18,20-21,24,26-27,29-30H,8-9,12H2,1H3,(H,31,32)/b14-7+/t15-,17-,18+,20+,21+,24-/m0/s1. The van der Waals surface area contributed by atoms with Crippen LogP contribution in [0.5, 0.6) is 0 Å². The fourth-order valence-electron chi connectivity index (χ4n) is 3.36. The predicted octanol–water partition coefficient (Wildman–Crippen LogP) is -1.07. The topological polar surface area (TPSA) is 206 Å². The molecular weight excluding hydrogens is 496 g/mol. The second kappa shape index (κ2) is 14.2. The average Bonchev–Trinajstić information content (AvgIpc) is 2.91. The maximum Gasteiger partial charge on any atom is 0.338 e. The summed E-state index contributed by atoms with van der Waals surface area (Å²) >= 11 is 0. The SMILES string of the molecule is COC(=O)C[C@@H]1C(C(=O)O)=CO[C@@H](OC[C@@H](O)[C@@H](O)[C@H](O)[C@@H](O)C=O)/C1=C/COC(=O)c1ccccc1. The number of aliphatic hydroxyl groups is 4. The van der Waals surface area contributed by atoms with Crippen LogP contribution in [0.1, 0.15) is 16.8 Å². The fourth-order valence-corrected chi connectivity index (χ4v) is 3.36. The van der Waals surface area contributed by atoms with Gasteiger partial charge in [-0.15, -0.1) is 0 Å². The highest BCUT2D eigenvalue weighted by molar-refractivity contribution is 5.90. The number of aldehydes is 1. The molecule has 0 saturated heterocycles. The molecule has 0 amide bonds. The van der Waals surface area contributed by atoms with Crippen molar-refractivity contribution in [2.45, 2.75) is 37.1 Å². The van der Waals surface area contributed by atoms with E-state index in [4.69, 9.17) is 14.2 Å². The lowest BCUT2D eigenvalue weighted by molar-refractivity contribution is -0.160. The maximum atomic E-state index is 12.3. The number of ether oxygens (including phenoxy) is 4. The normalized spacial score (nSPS) is 21.5. The molecule has 13 heteroatoms. The smallest absolute Gasteiger partial charge is 0.338 e. The Morgan fingerprint density at radius 1 is 1.08 bits per heavy atom. The molecule has 5 N–H and O–H groups in total. The number of aliphatic hydroxyl groups excluding tert-OH is 4. The van der Waals surface area contributed by atoms with E-state index in [1.165, 1.54) is 18.2 Å². The molecule has 1 aliphatic heterocycles. The van der Waals surface area contributed by atoms with Gasteiger partial charge in [-0.1, -0.05) is 18.2 Å². The van der Waals surface area contributed by atoms with Gasteiger partial charge in [-0.2, -0.15) is 0 Å². The number of carbonyl (C=O) groups is 4. The van der Waals surface area contributed by atoms with Crippen LogP contribution in [0.3, 0.4) is 0 Å². The molecule has 0 bridgehead atoms. The highest BCUT2D eigenvalue weighted by atomic mass is 16.7. The van der Waals surface area contributed by atoms with E-state index in [-0.39, 0.29) is 29.6 Å². The molecule has 1 heterocycles. The summed E-state index contributed by atoms with van der Waals surface area (Å²) in [7, 11) is 1.11. The maximum absolute atomic E-state index is 12.3. The summed E-state index contributed by atoms with van der Waals surface area (Å²) in [5, 5.41) is 48.7. The van der Waals surface area contributed by atoms with Crippen molar-refractivity contribution in [3.8, 4) is 0 Å². The van der Waals surface area contributed by atoms with Crippen molar-refractivity contribution in [1.82, 2.24) is 0 Å². The molecule has 0 spiro atoms. The van der Waals surface area contributed by atoms with Crippen molar-refractivity contribution in [3.63, 3.8) is 0 Å². The Bertz CT molecular complexity index is 1000. The van der Waals surface area contributed by atoms with Gasteiger partial charge in [0.15, 0.2) is 6.29 Å². The Kier molecular flexibility index (Phi) is 11.4. The van der Waals surface area contributed by atoms with E-state index >= 15 is 0 Å². The second-order valence-electron chi connectivity index (χ2n) is 7.86. The number of hydrogen-bond acceptors (Lipinski definition) is 12. The number of methoxy groups -OCH3 is 1. The molecule has 1 aromatic carbocycles. The molecular formula is C24H28O13. The van der Waals surface area contributed by atoms with Crippen molar-refractivity contribution >= 4 is 24.2 Å². The van der Waals surface area contributed by atoms with Crippen LogP contribution in [0, 0.1) is 5.92 Å². The van der Waals surface area contributed by atoms with Crippen molar-refractivity contribution < 1.29 is 63.7 Å². The lowest BCUT2D eigenvalue weighted by Crippen LogP contribution is -2.47. The summed E-state index contributed by atoms with van der Waals surface area (Å²) in [5.74, 6) is -3.97. The van der Waals surface area contributed by atoms with Crippen LogP contribution in [-0.2, 0) is 33.3 Å². The van der Waals surface area contributed by atoms with Gasteiger partial charge in [-0.3, -0.25) is 4.79 Å². The van der Waals surface area contributed by atoms with Gasteiger partial charge in [0.1, 0.15) is 31.0 Å². The Hall–Kier alpha value is -3.62. The Balaban J connectivity index is 2.25. The van der Waals surface area contributed by atoms with Crippen LogP contribution < -0.4 is 0 Å². The van der Waals surface area contributed by atoms with Crippen molar-refractivity contribution in [3.05, 3.63) is 59.4 Å². The molecule has 0 unspecified atom stereocenters. The van der Waals surface area contributed by atoms with Crippen LogP contribution in [-0.4, -0.2) is 101 Å². The Morgan fingerprint density at radius 3 is 2.35 bits per heavy atom. The summed E-state index contributed by atoms with van der Waals surface area (Å²) in [6.45, 7) is -1.08. The van der Waals surface area contributed by atoms with Crippen molar-refractivity contribution in [1.29, 1.82) is 0 Å². The first-order chi connectivity index (χ1) is 17.6. The minimum atomic E-state index is -2.01. The first-order valence-corrected chi connectivity index (χ1v) is 11.0. The minimum absolute atomic E-state index is 0.0288. The van der Waals surface area contributed by atoms with Gasteiger partial charge in [0.2, 0.25) is 6.29 Å². The van der Waals surface area contributed by atoms with E-state index < -0.39 is 67.6 Å². The number of hydrogen-bond donors (Lipinski definition) is 5.